The van der Waals surface area contributed by atoms with E-state index in [9.17, 15) is 9.59 Å². The summed E-state index contributed by atoms with van der Waals surface area (Å²) in [5.41, 5.74) is 13.0. The maximum Gasteiger partial charge on any atom is 0.307 e. The molecular weight excluding hydrogens is 250 g/mol. The molecule has 2 rings (SSSR count). The molecule has 0 aliphatic heterocycles. The number of aliphatic carboxylic acids is 1. The number of primary amides is 1. The van der Waals surface area contributed by atoms with E-state index in [1.54, 1.807) is 13.0 Å². The molecular formula is C12H15N3O4. The van der Waals surface area contributed by atoms with Gasteiger partial charge in [-0.05, 0) is 18.1 Å². The quantitative estimate of drug-likeness (QED) is 0.413. The highest BCUT2D eigenvalue weighted by Gasteiger charge is 2.60. The predicted molar refractivity (Wildman–Crippen MR) is 66.1 cm³/mol. The molecule has 19 heavy (non-hydrogen) atoms. The zero-order valence-corrected chi connectivity index (χ0v) is 10.3. The molecule has 7 heteroatoms. The largest absolute Gasteiger partial charge is 0.481 e. The number of allylic oxidation sites excluding steroid dienone is 4. The molecule has 0 heterocycles. The third-order valence-corrected chi connectivity index (χ3v) is 3.78. The van der Waals surface area contributed by atoms with E-state index in [-0.39, 0.29) is 0 Å². The summed E-state index contributed by atoms with van der Waals surface area (Å²) < 4.78 is 0. The molecule has 7 nitrogen and oxygen atoms in total. The molecule has 0 aromatic heterocycles. The second-order valence-electron chi connectivity index (χ2n) is 4.77. The van der Waals surface area contributed by atoms with Crippen LogP contribution in [-0.4, -0.2) is 27.9 Å². The molecule has 0 bridgehead atoms. The van der Waals surface area contributed by atoms with E-state index in [4.69, 9.17) is 21.8 Å². The Morgan fingerprint density at radius 1 is 1.42 bits per heavy atom. The molecule has 6 N–H and O–H groups in total. The predicted octanol–water partition coefficient (Wildman–Crippen LogP) is -0.188. The van der Waals surface area contributed by atoms with Crippen LogP contribution in [0.3, 0.4) is 0 Å². The van der Waals surface area contributed by atoms with Crippen LogP contribution in [0.1, 0.15) is 13.3 Å². The van der Waals surface area contributed by atoms with E-state index in [2.05, 4.69) is 5.16 Å². The van der Waals surface area contributed by atoms with Gasteiger partial charge in [0.1, 0.15) is 5.71 Å². The summed E-state index contributed by atoms with van der Waals surface area (Å²) >= 11 is 0. The van der Waals surface area contributed by atoms with Crippen LogP contribution >= 0.6 is 0 Å². The first-order chi connectivity index (χ1) is 8.90. The van der Waals surface area contributed by atoms with Crippen molar-refractivity contribution in [3.8, 4) is 0 Å². The molecule has 2 aliphatic rings. The van der Waals surface area contributed by atoms with Gasteiger partial charge in [-0.15, -0.1) is 0 Å². The topological polar surface area (TPSA) is 139 Å². The third kappa shape index (κ3) is 1.96. The van der Waals surface area contributed by atoms with Gasteiger partial charge in [-0.2, -0.15) is 0 Å². The molecule has 1 saturated carbocycles. The van der Waals surface area contributed by atoms with Crippen LogP contribution in [0.2, 0.25) is 0 Å². The van der Waals surface area contributed by atoms with Gasteiger partial charge in [0.2, 0.25) is 5.91 Å². The molecule has 1 amide bonds. The van der Waals surface area contributed by atoms with Gasteiger partial charge in [0.15, 0.2) is 0 Å². The van der Waals surface area contributed by atoms with Crippen molar-refractivity contribution in [3.05, 3.63) is 22.9 Å². The monoisotopic (exact) mass is 265 g/mol. The fourth-order valence-corrected chi connectivity index (χ4v) is 2.68. The number of nitrogens with two attached hydrogens (primary N) is 2. The van der Waals surface area contributed by atoms with Crippen LogP contribution in [0.5, 0.6) is 0 Å². The number of carbonyl (C=O) groups excluding carboxylic acids is 1. The summed E-state index contributed by atoms with van der Waals surface area (Å²) in [6, 6.07) is 0. The molecule has 0 saturated heterocycles. The number of carbonyl (C=O) groups is 2. The van der Waals surface area contributed by atoms with Crippen molar-refractivity contribution in [2.75, 3.05) is 0 Å². The molecule has 0 unspecified atom stereocenters. The van der Waals surface area contributed by atoms with E-state index >= 15 is 0 Å². The Balaban J connectivity index is 2.32. The summed E-state index contributed by atoms with van der Waals surface area (Å²) in [6.45, 7) is 1.71. The van der Waals surface area contributed by atoms with Crippen molar-refractivity contribution in [3.63, 3.8) is 0 Å². The van der Waals surface area contributed by atoms with Gasteiger partial charge < -0.3 is 21.8 Å². The highest BCUT2D eigenvalue weighted by atomic mass is 16.4. The lowest BCUT2D eigenvalue weighted by atomic mass is 9.90. The minimum Gasteiger partial charge on any atom is -0.481 e. The SMILES string of the molecule is CC1=C(N)C(=NO)CC=C1[C@@H]1[C@H](C(N)=O)[C@H]1C(=O)O. The number of hydrogen-bond acceptors (Lipinski definition) is 5. The second kappa shape index (κ2) is 4.42. The summed E-state index contributed by atoms with van der Waals surface area (Å²) in [5, 5.41) is 20.9. The lowest BCUT2D eigenvalue weighted by Gasteiger charge is -2.17. The summed E-state index contributed by atoms with van der Waals surface area (Å²) in [6.07, 6.45) is 2.05. The first-order valence-electron chi connectivity index (χ1n) is 5.80. The van der Waals surface area contributed by atoms with E-state index < -0.39 is 29.6 Å². The number of oxime groups is 1. The molecule has 3 atom stereocenters. The number of carboxylic acid groups (broad SMARTS) is 1. The number of hydrogen-bond donors (Lipinski definition) is 4. The van der Waals surface area contributed by atoms with Gasteiger partial charge >= 0.3 is 5.97 Å². The highest BCUT2D eigenvalue weighted by molar-refractivity contribution is 6.03. The Kier molecular flexibility index (Phi) is 3.05. The Morgan fingerprint density at radius 3 is 2.47 bits per heavy atom. The van der Waals surface area contributed by atoms with E-state index in [0.29, 0.717) is 29.0 Å². The number of amides is 1. The molecule has 0 aromatic carbocycles. The van der Waals surface area contributed by atoms with Crippen molar-refractivity contribution in [1.29, 1.82) is 0 Å². The number of nitrogens with zero attached hydrogens (tertiary/aromatic N) is 1. The van der Waals surface area contributed by atoms with Gasteiger partial charge in [0, 0.05) is 12.3 Å². The average molecular weight is 265 g/mol. The normalized spacial score (nSPS) is 32.2. The zero-order valence-electron chi connectivity index (χ0n) is 10.3. The lowest BCUT2D eigenvalue weighted by Crippen LogP contribution is -2.20. The Hall–Kier alpha value is -2.31. The van der Waals surface area contributed by atoms with Crippen LogP contribution < -0.4 is 11.5 Å². The highest BCUT2D eigenvalue weighted by Crippen LogP contribution is 2.53. The Morgan fingerprint density at radius 2 is 2.05 bits per heavy atom. The smallest absolute Gasteiger partial charge is 0.307 e. The first kappa shape index (κ1) is 13.1. The van der Waals surface area contributed by atoms with E-state index in [0.717, 1.165) is 0 Å². The minimum atomic E-state index is -1.04. The van der Waals surface area contributed by atoms with Gasteiger partial charge in [-0.3, -0.25) is 9.59 Å². The van der Waals surface area contributed by atoms with Crippen molar-refractivity contribution < 1.29 is 19.9 Å². The molecule has 0 radical (unpaired) electrons. The Bertz CT molecular complexity index is 527. The van der Waals surface area contributed by atoms with Crippen LogP contribution in [0.4, 0.5) is 0 Å². The number of carboxylic acids is 1. The van der Waals surface area contributed by atoms with Crippen LogP contribution in [0.25, 0.3) is 0 Å². The fourth-order valence-electron chi connectivity index (χ4n) is 2.68. The van der Waals surface area contributed by atoms with Crippen LogP contribution in [-0.2, 0) is 9.59 Å². The van der Waals surface area contributed by atoms with Gasteiger partial charge in [0.05, 0.1) is 17.5 Å². The van der Waals surface area contributed by atoms with Crippen LogP contribution in [0.15, 0.2) is 28.1 Å². The fraction of sp³-hybridized carbons (Fsp3) is 0.417. The van der Waals surface area contributed by atoms with Crippen molar-refractivity contribution in [2.24, 2.45) is 34.4 Å². The van der Waals surface area contributed by atoms with Gasteiger partial charge in [-0.25, -0.2) is 0 Å². The Labute approximate surface area is 109 Å². The molecule has 102 valence electrons. The zero-order chi connectivity index (χ0) is 14.3. The molecule has 0 aromatic rings. The van der Waals surface area contributed by atoms with Crippen molar-refractivity contribution in [2.45, 2.75) is 13.3 Å². The minimum absolute atomic E-state index is 0.309. The molecule has 2 aliphatic carbocycles. The van der Waals surface area contributed by atoms with E-state index in [1.165, 1.54) is 0 Å². The van der Waals surface area contributed by atoms with Crippen LogP contribution in [0, 0.1) is 17.8 Å². The van der Waals surface area contributed by atoms with Crippen molar-refractivity contribution >= 4 is 17.6 Å². The van der Waals surface area contributed by atoms with E-state index in [1.807, 2.05) is 0 Å². The van der Waals surface area contributed by atoms with Gasteiger partial charge in [0.25, 0.3) is 0 Å². The summed E-state index contributed by atoms with van der Waals surface area (Å²) in [4.78, 5) is 22.4. The second-order valence-corrected chi connectivity index (χ2v) is 4.77. The summed E-state index contributed by atoms with van der Waals surface area (Å²) in [7, 11) is 0. The molecule has 0 spiro atoms. The third-order valence-electron chi connectivity index (χ3n) is 3.78. The number of rotatable bonds is 3. The molecule has 1 fully saturated rings. The van der Waals surface area contributed by atoms with Gasteiger partial charge in [-0.1, -0.05) is 11.2 Å². The maximum atomic E-state index is 11.3. The summed E-state index contributed by atoms with van der Waals surface area (Å²) in [5.74, 6) is -3.58. The average Bonchev–Trinajstić information content (AvgIpc) is 3.08. The first-order valence-corrected chi connectivity index (χ1v) is 5.80. The standard InChI is InChI=1S/C12H15N3O4/c1-4-5(2-3-6(15-19)10(4)13)7-8(11(14)16)9(7)12(17)18/h2,7-9,19H,3,13H2,1H3,(H2,14,16)(H,17,18)/t7-,8+,9+/m1/s1. The lowest BCUT2D eigenvalue weighted by molar-refractivity contribution is -0.140. The maximum absolute atomic E-state index is 11.3. The van der Waals surface area contributed by atoms with Crippen molar-refractivity contribution in [1.82, 2.24) is 0 Å².